The Balaban J connectivity index is 1.96. The van der Waals surface area contributed by atoms with Crippen molar-refractivity contribution in [3.63, 3.8) is 0 Å². The lowest BCUT2D eigenvalue weighted by Gasteiger charge is -2.26. The first-order valence-electron chi connectivity index (χ1n) is 6.97. The van der Waals surface area contributed by atoms with Crippen LogP contribution in [0, 0.1) is 17.6 Å². The second-order valence-corrected chi connectivity index (χ2v) is 6.35. The van der Waals surface area contributed by atoms with E-state index in [1.807, 2.05) is 0 Å². The molecule has 1 saturated heterocycles. The molecule has 2 atom stereocenters. The molecule has 0 radical (unpaired) electrons. The molecule has 0 saturated carbocycles. The summed E-state index contributed by atoms with van der Waals surface area (Å²) in [7, 11) is 0. The minimum absolute atomic E-state index is 0.0333. The standard InChI is InChI=1S/C16H13F2NO3S/c17-10-3-4-12(18)9(6-10)8-19-14(20)7-11(16(21)22)15(19)13-2-1-5-23-13/h1-6,11,15H,7-8H2,(H,21,22)/t11-,15-/m0/s1. The quantitative estimate of drug-likeness (QED) is 0.932. The van der Waals surface area contributed by atoms with Crippen molar-refractivity contribution in [2.45, 2.75) is 19.0 Å². The Bertz CT molecular complexity index is 748. The molecule has 1 amide bonds. The lowest BCUT2D eigenvalue weighted by Crippen LogP contribution is -2.30. The van der Waals surface area contributed by atoms with Gasteiger partial charge >= 0.3 is 5.97 Å². The number of rotatable bonds is 4. The van der Waals surface area contributed by atoms with Gasteiger partial charge in [-0.25, -0.2) is 8.78 Å². The molecule has 2 heterocycles. The van der Waals surface area contributed by atoms with E-state index in [1.165, 1.54) is 16.2 Å². The van der Waals surface area contributed by atoms with Crippen LogP contribution >= 0.6 is 11.3 Å². The molecular formula is C16H13F2NO3S. The summed E-state index contributed by atoms with van der Waals surface area (Å²) in [4.78, 5) is 25.8. The molecular weight excluding hydrogens is 324 g/mol. The van der Waals surface area contributed by atoms with Gasteiger partial charge in [0.1, 0.15) is 11.6 Å². The Labute approximate surface area is 135 Å². The summed E-state index contributed by atoms with van der Waals surface area (Å²) in [5.74, 6) is -3.56. The van der Waals surface area contributed by atoms with Gasteiger partial charge in [-0.1, -0.05) is 6.07 Å². The van der Waals surface area contributed by atoms with Crippen LogP contribution in [0.5, 0.6) is 0 Å². The van der Waals surface area contributed by atoms with Crippen molar-refractivity contribution in [2.75, 3.05) is 0 Å². The number of thiophene rings is 1. The number of carboxylic acids is 1. The van der Waals surface area contributed by atoms with Crippen LogP contribution in [-0.2, 0) is 16.1 Å². The predicted octanol–water partition coefficient (Wildman–Crippen LogP) is 3.20. The smallest absolute Gasteiger partial charge is 0.309 e. The molecule has 0 spiro atoms. The minimum atomic E-state index is -1.07. The molecule has 0 aliphatic carbocycles. The van der Waals surface area contributed by atoms with E-state index in [0.29, 0.717) is 0 Å². The summed E-state index contributed by atoms with van der Waals surface area (Å²) in [5.41, 5.74) is 0.0333. The molecule has 1 N–H and O–H groups in total. The minimum Gasteiger partial charge on any atom is -0.481 e. The van der Waals surface area contributed by atoms with Crippen LogP contribution in [0.4, 0.5) is 8.78 Å². The molecule has 1 aliphatic heterocycles. The Kier molecular flexibility index (Phi) is 4.12. The van der Waals surface area contributed by atoms with E-state index in [0.717, 1.165) is 23.1 Å². The number of aliphatic carboxylic acids is 1. The summed E-state index contributed by atoms with van der Waals surface area (Å²) in [6.45, 7) is -0.158. The number of carbonyl (C=O) groups excluding carboxylic acids is 1. The Morgan fingerprint density at radius 2 is 2.13 bits per heavy atom. The van der Waals surface area contributed by atoms with E-state index in [-0.39, 0.29) is 24.4 Å². The Morgan fingerprint density at radius 1 is 1.35 bits per heavy atom. The monoisotopic (exact) mass is 337 g/mol. The summed E-state index contributed by atoms with van der Waals surface area (Å²) in [5, 5.41) is 11.2. The van der Waals surface area contributed by atoms with Crippen LogP contribution in [0.2, 0.25) is 0 Å². The van der Waals surface area contributed by atoms with E-state index in [1.54, 1.807) is 17.5 Å². The zero-order valence-electron chi connectivity index (χ0n) is 11.9. The molecule has 4 nitrogen and oxygen atoms in total. The molecule has 1 fully saturated rings. The molecule has 0 bridgehead atoms. The number of carbonyl (C=O) groups is 2. The van der Waals surface area contributed by atoms with Gasteiger partial charge in [0.15, 0.2) is 0 Å². The molecule has 0 unspecified atom stereocenters. The van der Waals surface area contributed by atoms with Gasteiger partial charge in [-0.2, -0.15) is 0 Å². The maximum Gasteiger partial charge on any atom is 0.309 e. The molecule has 120 valence electrons. The number of hydrogen-bond donors (Lipinski definition) is 1. The van der Waals surface area contributed by atoms with Crippen LogP contribution < -0.4 is 0 Å². The number of amides is 1. The average Bonchev–Trinajstić information content (AvgIpc) is 3.11. The SMILES string of the molecule is O=C(O)[C@H]1CC(=O)N(Cc2cc(F)ccc2F)[C@@H]1c1cccs1. The number of hydrogen-bond acceptors (Lipinski definition) is 3. The highest BCUT2D eigenvalue weighted by Gasteiger charge is 2.45. The third-order valence-electron chi connectivity index (χ3n) is 3.93. The maximum atomic E-state index is 13.9. The number of carboxylic acid groups (broad SMARTS) is 1. The number of benzene rings is 1. The molecule has 7 heteroatoms. The zero-order chi connectivity index (χ0) is 16.6. The van der Waals surface area contributed by atoms with Crippen LogP contribution in [0.15, 0.2) is 35.7 Å². The van der Waals surface area contributed by atoms with Crippen molar-refractivity contribution in [1.82, 2.24) is 4.90 Å². The van der Waals surface area contributed by atoms with Crippen molar-refractivity contribution in [1.29, 1.82) is 0 Å². The predicted molar refractivity (Wildman–Crippen MR) is 79.7 cm³/mol. The fourth-order valence-corrected chi connectivity index (χ4v) is 3.76. The molecule has 23 heavy (non-hydrogen) atoms. The Hall–Kier alpha value is -2.28. The van der Waals surface area contributed by atoms with Crippen LogP contribution in [-0.4, -0.2) is 21.9 Å². The van der Waals surface area contributed by atoms with Gasteiger partial charge in [0.2, 0.25) is 5.91 Å². The fraction of sp³-hybridized carbons (Fsp3) is 0.250. The second kappa shape index (κ2) is 6.08. The summed E-state index contributed by atoms with van der Waals surface area (Å²) in [6, 6.07) is 5.88. The fourth-order valence-electron chi connectivity index (χ4n) is 2.86. The highest BCUT2D eigenvalue weighted by molar-refractivity contribution is 7.10. The third-order valence-corrected chi connectivity index (χ3v) is 4.88. The lowest BCUT2D eigenvalue weighted by atomic mass is 9.99. The van der Waals surface area contributed by atoms with E-state index < -0.39 is 29.6 Å². The van der Waals surface area contributed by atoms with Crippen LogP contribution in [0.25, 0.3) is 0 Å². The van der Waals surface area contributed by atoms with Gasteiger partial charge < -0.3 is 10.0 Å². The van der Waals surface area contributed by atoms with Crippen LogP contribution in [0.3, 0.4) is 0 Å². The second-order valence-electron chi connectivity index (χ2n) is 5.37. The van der Waals surface area contributed by atoms with Crippen molar-refractivity contribution in [2.24, 2.45) is 5.92 Å². The first-order valence-corrected chi connectivity index (χ1v) is 7.85. The van der Waals surface area contributed by atoms with Gasteiger partial charge in [-0.05, 0) is 29.6 Å². The summed E-state index contributed by atoms with van der Waals surface area (Å²) >= 11 is 1.34. The molecule has 1 aliphatic rings. The topological polar surface area (TPSA) is 57.6 Å². The normalized spacial score (nSPS) is 21.0. The van der Waals surface area contributed by atoms with Crippen molar-refractivity contribution < 1.29 is 23.5 Å². The number of nitrogens with zero attached hydrogens (tertiary/aromatic N) is 1. The first kappa shape index (κ1) is 15.6. The van der Waals surface area contributed by atoms with Gasteiger partial charge in [0.25, 0.3) is 0 Å². The van der Waals surface area contributed by atoms with Gasteiger partial charge in [-0.3, -0.25) is 9.59 Å². The van der Waals surface area contributed by atoms with Gasteiger partial charge in [0, 0.05) is 23.4 Å². The average molecular weight is 337 g/mol. The number of halogens is 2. The van der Waals surface area contributed by atoms with Gasteiger partial charge in [-0.15, -0.1) is 11.3 Å². The molecule has 2 aromatic rings. The maximum absolute atomic E-state index is 13.9. The Morgan fingerprint density at radius 3 is 2.78 bits per heavy atom. The summed E-state index contributed by atoms with van der Waals surface area (Å²) < 4.78 is 27.2. The first-order chi connectivity index (χ1) is 11.0. The van der Waals surface area contributed by atoms with E-state index in [9.17, 15) is 23.5 Å². The van der Waals surface area contributed by atoms with Crippen molar-refractivity contribution >= 4 is 23.2 Å². The summed E-state index contributed by atoms with van der Waals surface area (Å²) in [6.07, 6.45) is -0.144. The van der Waals surface area contributed by atoms with E-state index >= 15 is 0 Å². The number of likely N-dealkylation sites (tertiary alicyclic amines) is 1. The van der Waals surface area contributed by atoms with E-state index in [4.69, 9.17) is 0 Å². The zero-order valence-corrected chi connectivity index (χ0v) is 12.7. The molecule has 1 aromatic heterocycles. The van der Waals surface area contributed by atoms with Crippen molar-refractivity contribution in [3.8, 4) is 0 Å². The highest BCUT2D eigenvalue weighted by atomic mass is 32.1. The van der Waals surface area contributed by atoms with Crippen molar-refractivity contribution in [3.05, 3.63) is 57.8 Å². The third kappa shape index (κ3) is 2.96. The molecule has 1 aromatic carbocycles. The molecule has 3 rings (SSSR count). The van der Waals surface area contributed by atoms with E-state index in [2.05, 4.69) is 0 Å². The highest BCUT2D eigenvalue weighted by Crippen LogP contribution is 2.41. The van der Waals surface area contributed by atoms with Gasteiger partial charge in [0.05, 0.1) is 12.0 Å². The lowest BCUT2D eigenvalue weighted by molar-refractivity contribution is -0.142. The largest absolute Gasteiger partial charge is 0.481 e. The van der Waals surface area contributed by atoms with Crippen LogP contribution in [0.1, 0.15) is 22.9 Å².